The average molecular weight is 145 g/mol. The summed E-state index contributed by atoms with van der Waals surface area (Å²) in [6, 6.07) is 0. The maximum absolute atomic E-state index is 4.92. The van der Waals surface area contributed by atoms with Gasteiger partial charge in [0.1, 0.15) is 0 Å². The zero-order valence-electron chi connectivity index (χ0n) is 7.31. The molecular weight excluding hydrogens is 126 g/mol. The second-order valence-electron chi connectivity index (χ2n) is 2.31. The molecule has 0 aromatic rings. The molecule has 0 unspecified atom stereocenters. The van der Waals surface area contributed by atoms with Crippen LogP contribution in [0, 0.1) is 5.92 Å². The smallest absolute Gasteiger partial charge is 0.0465 e. The van der Waals surface area contributed by atoms with Crippen molar-refractivity contribution >= 4 is 0 Å². The molecular formula is C8H19NO. The Morgan fingerprint density at radius 2 is 2.00 bits per heavy atom. The molecule has 1 aliphatic rings. The Morgan fingerprint density at radius 1 is 1.40 bits per heavy atom. The number of hydrogen-bond donors (Lipinski definition) is 1. The summed E-state index contributed by atoms with van der Waals surface area (Å²) in [6.45, 7) is 7.32. The van der Waals surface area contributed by atoms with E-state index in [9.17, 15) is 0 Å². The SMILES string of the molecule is CC.COCCC1CNC1. The zero-order valence-corrected chi connectivity index (χ0v) is 7.31. The van der Waals surface area contributed by atoms with Gasteiger partial charge in [-0.15, -0.1) is 0 Å². The molecule has 1 heterocycles. The Morgan fingerprint density at radius 3 is 2.30 bits per heavy atom. The number of nitrogens with one attached hydrogen (secondary N) is 1. The van der Waals surface area contributed by atoms with Gasteiger partial charge in [-0.2, -0.15) is 0 Å². The molecule has 0 amide bonds. The maximum atomic E-state index is 4.92. The van der Waals surface area contributed by atoms with Gasteiger partial charge in [0.05, 0.1) is 0 Å². The highest BCUT2D eigenvalue weighted by atomic mass is 16.5. The van der Waals surface area contributed by atoms with E-state index in [1.807, 2.05) is 13.8 Å². The monoisotopic (exact) mass is 145 g/mol. The minimum absolute atomic E-state index is 0.898. The summed E-state index contributed by atoms with van der Waals surface area (Å²) in [6.07, 6.45) is 1.23. The molecule has 10 heavy (non-hydrogen) atoms. The van der Waals surface area contributed by atoms with Gasteiger partial charge in [-0.25, -0.2) is 0 Å². The first-order valence-electron chi connectivity index (χ1n) is 4.13. The second-order valence-corrected chi connectivity index (χ2v) is 2.31. The standard InChI is InChI=1S/C6H13NO.C2H6/c1-8-3-2-6-4-7-5-6;1-2/h6-7H,2-5H2,1H3;1-2H3. The lowest BCUT2D eigenvalue weighted by molar-refractivity contribution is 0.162. The van der Waals surface area contributed by atoms with Gasteiger partial charge in [0.15, 0.2) is 0 Å². The fraction of sp³-hybridized carbons (Fsp3) is 1.00. The minimum Gasteiger partial charge on any atom is -0.385 e. The van der Waals surface area contributed by atoms with Crippen molar-refractivity contribution in [2.45, 2.75) is 20.3 Å². The zero-order chi connectivity index (χ0) is 7.82. The molecule has 2 heteroatoms. The van der Waals surface area contributed by atoms with Gasteiger partial charge < -0.3 is 10.1 Å². The molecule has 0 bridgehead atoms. The van der Waals surface area contributed by atoms with Crippen molar-refractivity contribution in [1.82, 2.24) is 5.32 Å². The average Bonchev–Trinajstić information content (AvgIpc) is 1.90. The van der Waals surface area contributed by atoms with Crippen molar-refractivity contribution in [2.75, 3.05) is 26.8 Å². The van der Waals surface area contributed by atoms with Gasteiger partial charge in [-0.05, 0) is 25.4 Å². The Balaban J connectivity index is 0.000000371. The number of rotatable bonds is 3. The summed E-state index contributed by atoms with van der Waals surface area (Å²) >= 11 is 0. The van der Waals surface area contributed by atoms with E-state index in [1.54, 1.807) is 7.11 Å². The van der Waals surface area contributed by atoms with Crippen LogP contribution in [0.15, 0.2) is 0 Å². The van der Waals surface area contributed by atoms with Crippen LogP contribution in [0.1, 0.15) is 20.3 Å². The lowest BCUT2D eigenvalue weighted by atomic mass is 10.0. The van der Waals surface area contributed by atoms with Crippen molar-refractivity contribution in [3.05, 3.63) is 0 Å². The molecule has 0 aromatic heterocycles. The van der Waals surface area contributed by atoms with Crippen LogP contribution in [0.3, 0.4) is 0 Å². The molecule has 1 rings (SSSR count). The highest BCUT2D eigenvalue weighted by Crippen LogP contribution is 2.06. The largest absolute Gasteiger partial charge is 0.385 e. The topological polar surface area (TPSA) is 21.3 Å². The van der Waals surface area contributed by atoms with Crippen molar-refractivity contribution in [2.24, 2.45) is 5.92 Å². The highest BCUT2D eigenvalue weighted by molar-refractivity contribution is 4.73. The summed E-state index contributed by atoms with van der Waals surface area (Å²) in [5.74, 6) is 0.898. The normalized spacial score (nSPS) is 17.1. The van der Waals surface area contributed by atoms with E-state index in [0.717, 1.165) is 12.5 Å². The molecule has 62 valence electrons. The van der Waals surface area contributed by atoms with E-state index in [1.165, 1.54) is 19.5 Å². The van der Waals surface area contributed by atoms with Gasteiger partial charge in [-0.3, -0.25) is 0 Å². The first-order valence-corrected chi connectivity index (χ1v) is 4.13. The summed E-state index contributed by atoms with van der Waals surface area (Å²) in [5.41, 5.74) is 0. The fourth-order valence-electron chi connectivity index (χ4n) is 0.837. The van der Waals surface area contributed by atoms with Crippen LogP contribution in [-0.2, 0) is 4.74 Å². The van der Waals surface area contributed by atoms with E-state index >= 15 is 0 Å². The molecule has 0 aromatic carbocycles. The van der Waals surface area contributed by atoms with Crippen LogP contribution in [0.25, 0.3) is 0 Å². The van der Waals surface area contributed by atoms with E-state index in [0.29, 0.717) is 0 Å². The molecule has 2 nitrogen and oxygen atoms in total. The molecule has 1 aliphatic heterocycles. The Labute approximate surface area is 64.0 Å². The Hall–Kier alpha value is -0.0800. The minimum atomic E-state index is 0.898. The van der Waals surface area contributed by atoms with E-state index in [-0.39, 0.29) is 0 Å². The first kappa shape index (κ1) is 9.92. The summed E-state index contributed by atoms with van der Waals surface area (Å²) in [7, 11) is 1.76. The first-order chi connectivity index (χ1) is 4.93. The third-order valence-corrected chi connectivity index (χ3v) is 1.60. The molecule has 0 spiro atoms. The van der Waals surface area contributed by atoms with Gasteiger partial charge in [-0.1, -0.05) is 13.8 Å². The molecule has 1 N–H and O–H groups in total. The van der Waals surface area contributed by atoms with Crippen LogP contribution in [0.4, 0.5) is 0 Å². The van der Waals surface area contributed by atoms with Crippen LogP contribution >= 0.6 is 0 Å². The predicted molar refractivity (Wildman–Crippen MR) is 44.2 cm³/mol. The molecule has 0 radical (unpaired) electrons. The van der Waals surface area contributed by atoms with Crippen molar-refractivity contribution < 1.29 is 4.74 Å². The number of ether oxygens (including phenoxy) is 1. The maximum Gasteiger partial charge on any atom is 0.0465 e. The fourth-order valence-corrected chi connectivity index (χ4v) is 0.837. The van der Waals surface area contributed by atoms with E-state index in [4.69, 9.17) is 4.74 Å². The third kappa shape index (κ3) is 3.85. The number of hydrogen-bond acceptors (Lipinski definition) is 2. The molecule has 0 atom stereocenters. The van der Waals surface area contributed by atoms with Gasteiger partial charge in [0.2, 0.25) is 0 Å². The van der Waals surface area contributed by atoms with Gasteiger partial charge in [0.25, 0.3) is 0 Å². The summed E-state index contributed by atoms with van der Waals surface area (Å²) in [5, 5.41) is 3.21. The van der Waals surface area contributed by atoms with Gasteiger partial charge in [0, 0.05) is 13.7 Å². The van der Waals surface area contributed by atoms with Crippen molar-refractivity contribution in [3.8, 4) is 0 Å². The predicted octanol–water partition coefficient (Wildman–Crippen LogP) is 1.27. The Bertz CT molecular complexity index is 62.3. The second kappa shape index (κ2) is 7.03. The molecule has 1 fully saturated rings. The van der Waals surface area contributed by atoms with Crippen LogP contribution in [0.2, 0.25) is 0 Å². The van der Waals surface area contributed by atoms with Crippen LogP contribution in [0.5, 0.6) is 0 Å². The lowest BCUT2D eigenvalue weighted by Crippen LogP contribution is -2.42. The van der Waals surface area contributed by atoms with Gasteiger partial charge >= 0.3 is 0 Å². The third-order valence-electron chi connectivity index (χ3n) is 1.60. The van der Waals surface area contributed by atoms with Crippen LogP contribution in [-0.4, -0.2) is 26.8 Å². The molecule has 0 aliphatic carbocycles. The Kier molecular flexibility index (Phi) is 6.98. The van der Waals surface area contributed by atoms with Crippen molar-refractivity contribution in [3.63, 3.8) is 0 Å². The van der Waals surface area contributed by atoms with E-state index < -0.39 is 0 Å². The molecule has 0 saturated carbocycles. The number of methoxy groups -OCH3 is 1. The van der Waals surface area contributed by atoms with Crippen LogP contribution < -0.4 is 5.32 Å². The summed E-state index contributed by atoms with van der Waals surface area (Å²) < 4.78 is 4.92. The van der Waals surface area contributed by atoms with E-state index in [2.05, 4.69) is 5.32 Å². The highest BCUT2D eigenvalue weighted by Gasteiger charge is 2.14. The summed E-state index contributed by atoms with van der Waals surface area (Å²) in [4.78, 5) is 0. The quantitative estimate of drug-likeness (QED) is 0.645. The van der Waals surface area contributed by atoms with Crippen molar-refractivity contribution in [1.29, 1.82) is 0 Å². The lowest BCUT2D eigenvalue weighted by Gasteiger charge is -2.26. The molecule has 1 saturated heterocycles.